The van der Waals surface area contributed by atoms with Gasteiger partial charge in [-0.2, -0.15) is 0 Å². The third-order valence-corrected chi connectivity index (χ3v) is 4.08. The number of pyridine rings is 1. The third-order valence-electron chi connectivity index (χ3n) is 3.22. The zero-order valence-electron chi connectivity index (χ0n) is 9.60. The number of hydrogen-bond acceptors (Lipinski definition) is 4. The van der Waals surface area contributed by atoms with Crippen LogP contribution < -0.4 is 5.32 Å². The van der Waals surface area contributed by atoms with E-state index in [9.17, 15) is 0 Å². The Morgan fingerprint density at radius 1 is 1.18 bits per heavy atom. The Bertz CT molecular complexity index is 474. The number of nitrogens with one attached hydrogen (secondary N) is 1. The lowest BCUT2D eigenvalue weighted by Gasteiger charge is -2.21. The van der Waals surface area contributed by atoms with Gasteiger partial charge in [0.05, 0.1) is 21.8 Å². The molecule has 0 aliphatic carbocycles. The molecule has 0 saturated carbocycles. The predicted octanol–water partition coefficient (Wildman–Crippen LogP) is 2.67. The smallest absolute Gasteiger partial charge is 0.0820 e. The highest BCUT2D eigenvalue weighted by molar-refractivity contribution is 7.13. The number of aromatic nitrogens is 2. The first kappa shape index (κ1) is 10.9. The number of thiazole rings is 1. The van der Waals surface area contributed by atoms with Crippen molar-refractivity contribution in [3.63, 3.8) is 0 Å². The van der Waals surface area contributed by atoms with Crippen LogP contribution in [0.5, 0.6) is 0 Å². The number of rotatable bonds is 2. The van der Waals surface area contributed by atoms with E-state index in [1.165, 1.54) is 23.4 Å². The number of hydrogen-bond donors (Lipinski definition) is 1. The molecule has 2 aromatic rings. The van der Waals surface area contributed by atoms with Gasteiger partial charge in [-0.15, -0.1) is 11.3 Å². The lowest BCUT2D eigenvalue weighted by Crippen LogP contribution is -2.27. The van der Waals surface area contributed by atoms with Gasteiger partial charge in [-0.3, -0.25) is 4.98 Å². The summed E-state index contributed by atoms with van der Waals surface area (Å²) in [5.41, 5.74) is 4.25. The first-order valence-electron chi connectivity index (χ1n) is 6.00. The topological polar surface area (TPSA) is 37.8 Å². The lowest BCUT2D eigenvalue weighted by atomic mass is 9.93. The van der Waals surface area contributed by atoms with Crippen molar-refractivity contribution in [3.05, 3.63) is 35.6 Å². The summed E-state index contributed by atoms with van der Waals surface area (Å²) in [6, 6.07) is 6.06. The predicted molar refractivity (Wildman–Crippen MR) is 70.2 cm³/mol. The van der Waals surface area contributed by atoms with Gasteiger partial charge < -0.3 is 5.32 Å². The Morgan fingerprint density at radius 3 is 2.82 bits per heavy atom. The molecule has 0 atom stereocenters. The summed E-state index contributed by atoms with van der Waals surface area (Å²) < 4.78 is 0. The van der Waals surface area contributed by atoms with E-state index in [0.29, 0.717) is 5.92 Å². The molecule has 88 valence electrons. The van der Waals surface area contributed by atoms with Crippen LogP contribution in [0.1, 0.15) is 24.5 Å². The van der Waals surface area contributed by atoms with Crippen LogP contribution in [0.2, 0.25) is 0 Å². The van der Waals surface area contributed by atoms with Gasteiger partial charge in [0.15, 0.2) is 0 Å². The Hall–Kier alpha value is -1.26. The van der Waals surface area contributed by atoms with Crippen LogP contribution in [0.15, 0.2) is 29.9 Å². The summed E-state index contributed by atoms with van der Waals surface area (Å²) in [4.78, 5) is 10.2. The molecule has 17 heavy (non-hydrogen) atoms. The van der Waals surface area contributed by atoms with Crippen molar-refractivity contribution in [3.8, 4) is 10.6 Å². The molecule has 0 aromatic carbocycles. The third kappa shape index (κ3) is 2.23. The molecule has 0 radical (unpaired) electrons. The second-order valence-corrected chi connectivity index (χ2v) is 5.16. The molecular formula is C13H15N3S. The Kier molecular flexibility index (Phi) is 3.16. The van der Waals surface area contributed by atoms with Gasteiger partial charge in [0.2, 0.25) is 0 Å². The zero-order chi connectivity index (χ0) is 11.5. The van der Waals surface area contributed by atoms with Crippen LogP contribution in [-0.4, -0.2) is 23.1 Å². The van der Waals surface area contributed by atoms with Gasteiger partial charge in [0, 0.05) is 12.1 Å². The molecule has 1 saturated heterocycles. The Labute approximate surface area is 105 Å². The molecule has 0 unspecified atom stereocenters. The molecule has 4 heteroatoms. The zero-order valence-corrected chi connectivity index (χ0v) is 10.4. The van der Waals surface area contributed by atoms with Gasteiger partial charge >= 0.3 is 0 Å². The van der Waals surface area contributed by atoms with Gasteiger partial charge in [-0.1, -0.05) is 6.07 Å². The van der Waals surface area contributed by atoms with Crippen LogP contribution in [0.4, 0.5) is 0 Å². The highest BCUT2D eigenvalue weighted by Gasteiger charge is 2.21. The van der Waals surface area contributed by atoms with Crippen molar-refractivity contribution in [1.29, 1.82) is 0 Å². The fourth-order valence-corrected chi connectivity index (χ4v) is 3.18. The summed E-state index contributed by atoms with van der Waals surface area (Å²) in [6.45, 7) is 2.20. The Morgan fingerprint density at radius 2 is 2.06 bits per heavy atom. The average Bonchev–Trinajstić information content (AvgIpc) is 2.90. The first-order chi connectivity index (χ1) is 8.45. The van der Waals surface area contributed by atoms with Gasteiger partial charge in [-0.05, 0) is 38.1 Å². The summed E-state index contributed by atoms with van der Waals surface area (Å²) in [7, 11) is 0. The van der Waals surface area contributed by atoms with E-state index in [-0.39, 0.29) is 0 Å². The van der Waals surface area contributed by atoms with Crippen LogP contribution in [0.25, 0.3) is 10.6 Å². The van der Waals surface area contributed by atoms with Gasteiger partial charge in [0.25, 0.3) is 0 Å². The molecular weight excluding hydrogens is 230 g/mol. The van der Waals surface area contributed by atoms with E-state index < -0.39 is 0 Å². The maximum atomic E-state index is 4.57. The molecule has 3 rings (SSSR count). The minimum Gasteiger partial charge on any atom is -0.317 e. The molecule has 3 nitrogen and oxygen atoms in total. The lowest BCUT2D eigenvalue weighted by molar-refractivity contribution is 0.455. The molecule has 0 amide bonds. The minimum atomic E-state index is 0.597. The molecule has 2 aromatic heterocycles. The van der Waals surface area contributed by atoms with Crippen LogP contribution in [0, 0.1) is 0 Å². The quantitative estimate of drug-likeness (QED) is 0.884. The molecule has 1 aliphatic rings. The normalized spacial score (nSPS) is 17.2. The van der Waals surface area contributed by atoms with Crippen LogP contribution >= 0.6 is 11.3 Å². The van der Waals surface area contributed by atoms with Crippen molar-refractivity contribution in [2.75, 3.05) is 13.1 Å². The largest absolute Gasteiger partial charge is 0.317 e. The standard InChI is InChI=1S/C13H15N3S/c1-2-6-15-11(3-1)13-12(16-9-17-13)10-4-7-14-8-5-10/h1-3,6,9-10,14H,4-5,7-8H2. The highest BCUT2D eigenvalue weighted by atomic mass is 32.1. The fourth-order valence-electron chi connectivity index (χ4n) is 2.33. The highest BCUT2D eigenvalue weighted by Crippen LogP contribution is 2.34. The molecule has 0 spiro atoms. The second-order valence-electron chi connectivity index (χ2n) is 4.31. The fraction of sp³-hybridized carbons (Fsp3) is 0.385. The Balaban J connectivity index is 1.93. The molecule has 1 aliphatic heterocycles. The van der Waals surface area contributed by atoms with Crippen molar-refractivity contribution >= 4 is 11.3 Å². The van der Waals surface area contributed by atoms with Crippen molar-refractivity contribution in [1.82, 2.24) is 15.3 Å². The molecule has 1 fully saturated rings. The van der Waals surface area contributed by atoms with E-state index in [2.05, 4.69) is 21.4 Å². The van der Waals surface area contributed by atoms with E-state index in [1.54, 1.807) is 11.3 Å². The van der Waals surface area contributed by atoms with Crippen LogP contribution in [0.3, 0.4) is 0 Å². The summed E-state index contributed by atoms with van der Waals surface area (Å²) in [5.74, 6) is 0.597. The number of nitrogens with zero attached hydrogens (tertiary/aromatic N) is 2. The van der Waals surface area contributed by atoms with Crippen molar-refractivity contribution in [2.24, 2.45) is 0 Å². The van der Waals surface area contributed by atoms with Gasteiger partial charge in [0.1, 0.15) is 0 Å². The SMILES string of the molecule is c1ccc(-c2scnc2C2CCNCC2)nc1. The number of piperidine rings is 1. The molecule has 0 bridgehead atoms. The van der Waals surface area contributed by atoms with Crippen molar-refractivity contribution < 1.29 is 0 Å². The van der Waals surface area contributed by atoms with E-state index >= 15 is 0 Å². The summed E-state index contributed by atoms with van der Waals surface area (Å²) in [5, 5.41) is 3.40. The molecule has 1 N–H and O–H groups in total. The average molecular weight is 245 g/mol. The summed E-state index contributed by atoms with van der Waals surface area (Å²) in [6.07, 6.45) is 4.22. The maximum Gasteiger partial charge on any atom is 0.0820 e. The summed E-state index contributed by atoms with van der Waals surface area (Å²) >= 11 is 1.70. The second kappa shape index (κ2) is 4.94. The minimum absolute atomic E-state index is 0.597. The van der Waals surface area contributed by atoms with E-state index in [4.69, 9.17) is 0 Å². The maximum absolute atomic E-state index is 4.57. The van der Waals surface area contributed by atoms with Crippen LogP contribution in [-0.2, 0) is 0 Å². The monoisotopic (exact) mass is 245 g/mol. The first-order valence-corrected chi connectivity index (χ1v) is 6.88. The van der Waals surface area contributed by atoms with Gasteiger partial charge in [-0.25, -0.2) is 4.98 Å². The van der Waals surface area contributed by atoms with E-state index in [1.807, 2.05) is 23.8 Å². The van der Waals surface area contributed by atoms with Crippen molar-refractivity contribution in [2.45, 2.75) is 18.8 Å². The van der Waals surface area contributed by atoms with E-state index in [0.717, 1.165) is 18.8 Å². The molecule has 3 heterocycles.